The lowest BCUT2D eigenvalue weighted by Gasteiger charge is -2.63. The number of nitriles is 1. The molecule has 0 saturated heterocycles. The van der Waals surface area contributed by atoms with Crippen LogP contribution in [0, 0.1) is 57.7 Å². The summed E-state index contributed by atoms with van der Waals surface area (Å²) in [5, 5.41) is 24.9. The maximum Gasteiger partial charge on any atom is 0.102 e. The smallest absolute Gasteiger partial charge is 0.102 e. The fraction of sp³-hybridized carbons (Fsp3) is 0.867. The standard InChI is InChI=1S/C30H47N3O/c1-5-12-29(34)14-15-30(6-2)23(16-29)7-8-24-26-10-9-25(28(26,4)13-11-27(24)30)21(3)19-33-20-22(17-31)18-32-33/h18,20-21,23-27,34H,5-16,19H2,1-4H3/t21-,23-,24+,25?,26+,27+,28-,29-,30+/m1/s1. The second kappa shape index (κ2) is 8.95. The Labute approximate surface area is 207 Å². The lowest BCUT2D eigenvalue weighted by Crippen LogP contribution is -2.57. The van der Waals surface area contributed by atoms with E-state index in [1.54, 1.807) is 6.20 Å². The predicted octanol–water partition coefficient (Wildman–Crippen LogP) is 6.97. The van der Waals surface area contributed by atoms with Gasteiger partial charge in [-0.2, -0.15) is 10.4 Å². The molecule has 4 nitrogen and oxygen atoms in total. The van der Waals surface area contributed by atoms with Crippen molar-refractivity contribution < 1.29 is 5.11 Å². The van der Waals surface area contributed by atoms with Gasteiger partial charge in [-0.05, 0) is 117 Å². The zero-order valence-electron chi connectivity index (χ0n) is 22.1. The van der Waals surface area contributed by atoms with Crippen LogP contribution in [0.5, 0.6) is 0 Å². The van der Waals surface area contributed by atoms with E-state index in [1.807, 2.05) is 10.9 Å². The maximum atomic E-state index is 11.3. The number of fused-ring (bicyclic) bond motifs is 5. The molecule has 34 heavy (non-hydrogen) atoms. The van der Waals surface area contributed by atoms with Gasteiger partial charge in [0.1, 0.15) is 6.07 Å². The third-order valence-electron chi connectivity index (χ3n) is 11.9. The van der Waals surface area contributed by atoms with E-state index < -0.39 is 0 Å². The lowest BCUT2D eigenvalue weighted by molar-refractivity contribution is -0.162. The van der Waals surface area contributed by atoms with E-state index in [4.69, 9.17) is 5.26 Å². The molecule has 4 saturated carbocycles. The van der Waals surface area contributed by atoms with E-state index in [9.17, 15) is 5.11 Å². The summed E-state index contributed by atoms with van der Waals surface area (Å²) in [7, 11) is 0. The van der Waals surface area contributed by atoms with Crippen LogP contribution in [0.2, 0.25) is 0 Å². The number of nitrogens with zero attached hydrogens (tertiary/aromatic N) is 3. The summed E-state index contributed by atoms with van der Waals surface area (Å²) >= 11 is 0. The van der Waals surface area contributed by atoms with Crippen LogP contribution in [0.1, 0.15) is 110 Å². The first-order valence-electron chi connectivity index (χ1n) is 14.4. The van der Waals surface area contributed by atoms with Crippen molar-refractivity contribution in [3.05, 3.63) is 18.0 Å². The first kappa shape index (κ1) is 24.4. The van der Waals surface area contributed by atoms with E-state index in [0.29, 0.717) is 22.3 Å². The van der Waals surface area contributed by atoms with Gasteiger partial charge < -0.3 is 5.11 Å². The Balaban J connectivity index is 1.33. The Morgan fingerprint density at radius 3 is 2.68 bits per heavy atom. The molecular weight excluding hydrogens is 418 g/mol. The third-order valence-corrected chi connectivity index (χ3v) is 11.9. The van der Waals surface area contributed by atoms with Crippen LogP contribution in [-0.4, -0.2) is 20.5 Å². The monoisotopic (exact) mass is 465 g/mol. The molecule has 4 heteroatoms. The SMILES string of the molecule is CCC[C@@]1(O)CC[C@@]2(CC)[C@H](CC[C@@H]3[C@@H]2CC[C@]2(C)C([C@H](C)Cn4cc(C#N)cn4)CC[C@@H]32)C1. The molecular formula is C30H47N3O. The Hall–Kier alpha value is -1.34. The molecule has 188 valence electrons. The molecule has 1 N–H and O–H groups in total. The minimum absolute atomic E-state index is 0.389. The van der Waals surface area contributed by atoms with Crippen LogP contribution in [0.15, 0.2) is 12.4 Å². The minimum Gasteiger partial charge on any atom is -0.390 e. The van der Waals surface area contributed by atoms with Crippen molar-refractivity contribution >= 4 is 0 Å². The van der Waals surface area contributed by atoms with Crippen molar-refractivity contribution in [1.29, 1.82) is 5.26 Å². The highest BCUT2D eigenvalue weighted by atomic mass is 16.3. The van der Waals surface area contributed by atoms with E-state index in [1.165, 1.54) is 51.4 Å². The van der Waals surface area contributed by atoms with Crippen molar-refractivity contribution in [3.63, 3.8) is 0 Å². The molecule has 0 aromatic carbocycles. The van der Waals surface area contributed by atoms with Crippen LogP contribution in [0.3, 0.4) is 0 Å². The van der Waals surface area contributed by atoms with Gasteiger partial charge in [-0.15, -0.1) is 0 Å². The highest BCUT2D eigenvalue weighted by Crippen LogP contribution is 2.69. The van der Waals surface area contributed by atoms with Crippen molar-refractivity contribution in [3.8, 4) is 6.07 Å². The van der Waals surface area contributed by atoms with E-state index in [-0.39, 0.29) is 5.60 Å². The van der Waals surface area contributed by atoms with Gasteiger partial charge in [0.05, 0.1) is 17.4 Å². The fourth-order valence-corrected chi connectivity index (χ4v) is 10.4. The average Bonchev–Trinajstić information content (AvgIpc) is 3.42. The van der Waals surface area contributed by atoms with Crippen LogP contribution in [-0.2, 0) is 6.54 Å². The molecule has 1 unspecified atom stereocenters. The third kappa shape index (κ3) is 3.76. The summed E-state index contributed by atoms with van der Waals surface area (Å²) in [5.74, 6) is 4.71. The van der Waals surface area contributed by atoms with Gasteiger partial charge in [-0.25, -0.2) is 0 Å². The molecule has 4 aliphatic rings. The quantitative estimate of drug-likeness (QED) is 0.493. The summed E-state index contributed by atoms with van der Waals surface area (Å²) in [6.45, 7) is 10.7. The highest BCUT2D eigenvalue weighted by Gasteiger charge is 2.62. The molecule has 1 heterocycles. The van der Waals surface area contributed by atoms with E-state index >= 15 is 0 Å². The van der Waals surface area contributed by atoms with Crippen molar-refractivity contribution in [1.82, 2.24) is 9.78 Å². The van der Waals surface area contributed by atoms with Gasteiger partial charge in [0.25, 0.3) is 0 Å². The highest BCUT2D eigenvalue weighted by molar-refractivity contribution is 5.21. The summed E-state index contributed by atoms with van der Waals surface area (Å²) in [5.41, 5.74) is 1.21. The molecule has 0 bridgehead atoms. The van der Waals surface area contributed by atoms with Crippen molar-refractivity contribution in [2.75, 3.05) is 0 Å². The van der Waals surface area contributed by atoms with Crippen LogP contribution in [0.4, 0.5) is 0 Å². The summed E-state index contributed by atoms with van der Waals surface area (Å²) in [4.78, 5) is 0. The Morgan fingerprint density at radius 1 is 1.15 bits per heavy atom. The first-order valence-corrected chi connectivity index (χ1v) is 14.4. The van der Waals surface area contributed by atoms with Gasteiger partial charge in [0, 0.05) is 12.7 Å². The lowest BCUT2D eigenvalue weighted by atomic mass is 9.42. The van der Waals surface area contributed by atoms with Crippen LogP contribution >= 0.6 is 0 Å². The molecule has 4 aliphatic carbocycles. The molecule has 1 aromatic heterocycles. The zero-order valence-corrected chi connectivity index (χ0v) is 22.1. The van der Waals surface area contributed by atoms with Gasteiger partial charge in [0.15, 0.2) is 0 Å². The summed E-state index contributed by atoms with van der Waals surface area (Å²) in [6, 6.07) is 2.22. The molecule has 0 radical (unpaired) electrons. The second-order valence-electron chi connectivity index (χ2n) is 13.2. The molecule has 0 aliphatic heterocycles. The van der Waals surface area contributed by atoms with Gasteiger partial charge in [0.2, 0.25) is 0 Å². The zero-order chi connectivity index (χ0) is 24.1. The largest absolute Gasteiger partial charge is 0.390 e. The number of rotatable bonds is 6. The first-order chi connectivity index (χ1) is 16.3. The van der Waals surface area contributed by atoms with E-state index in [0.717, 1.165) is 61.8 Å². The molecule has 1 aromatic rings. The summed E-state index contributed by atoms with van der Waals surface area (Å²) in [6.07, 6.45) is 18.7. The Morgan fingerprint density at radius 2 is 1.97 bits per heavy atom. The molecule has 4 fully saturated rings. The maximum absolute atomic E-state index is 11.3. The minimum atomic E-state index is -0.389. The Bertz CT molecular complexity index is 918. The Kier molecular flexibility index (Phi) is 6.41. The fourth-order valence-electron chi connectivity index (χ4n) is 10.4. The normalized spacial score (nSPS) is 44.5. The van der Waals surface area contributed by atoms with Crippen LogP contribution < -0.4 is 0 Å². The number of hydrogen-bond donors (Lipinski definition) is 1. The molecule has 0 spiro atoms. The van der Waals surface area contributed by atoms with Gasteiger partial charge >= 0.3 is 0 Å². The number of aliphatic hydroxyl groups is 1. The average molecular weight is 466 g/mol. The topological polar surface area (TPSA) is 61.8 Å². The molecule has 0 amide bonds. The summed E-state index contributed by atoms with van der Waals surface area (Å²) < 4.78 is 2.00. The van der Waals surface area contributed by atoms with E-state index in [2.05, 4.69) is 38.9 Å². The number of hydrogen-bond acceptors (Lipinski definition) is 3. The van der Waals surface area contributed by atoms with Gasteiger partial charge in [-0.1, -0.05) is 34.1 Å². The second-order valence-corrected chi connectivity index (χ2v) is 13.2. The van der Waals surface area contributed by atoms with Crippen molar-refractivity contribution in [2.24, 2.45) is 46.3 Å². The van der Waals surface area contributed by atoms with Crippen LogP contribution in [0.25, 0.3) is 0 Å². The van der Waals surface area contributed by atoms with Gasteiger partial charge in [-0.3, -0.25) is 4.68 Å². The predicted molar refractivity (Wildman–Crippen MR) is 136 cm³/mol. The number of aromatic nitrogens is 2. The molecule has 5 rings (SSSR count). The molecule has 9 atom stereocenters. The van der Waals surface area contributed by atoms with Crippen molar-refractivity contribution in [2.45, 2.75) is 117 Å².